The zero-order valence-corrected chi connectivity index (χ0v) is 14.8. The molecule has 3 aromatic rings. The molecule has 5 nitrogen and oxygen atoms in total. The van der Waals surface area contributed by atoms with Crippen LogP contribution in [0.2, 0.25) is 0 Å². The highest BCUT2D eigenvalue weighted by atomic mass is 16.5. The zero-order chi connectivity index (χ0) is 18.2. The Bertz CT molecular complexity index is 829. The molecule has 0 fully saturated rings. The fourth-order valence-corrected chi connectivity index (χ4v) is 2.52. The van der Waals surface area contributed by atoms with E-state index in [1.54, 1.807) is 0 Å². The molecule has 1 aromatic heterocycles. The first-order valence-corrected chi connectivity index (χ1v) is 8.68. The molecule has 1 amide bonds. The molecule has 0 saturated carbocycles. The van der Waals surface area contributed by atoms with E-state index in [0.717, 1.165) is 17.7 Å². The molecule has 0 atom stereocenters. The van der Waals surface area contributed by atoms with Crippen molar-refractivity contribution in [2.45, 2.75) is 19.8 Å². The quantitative estimate of drug-likeness (QED) is 0.628. The molecule has 2 aromatic carbocycles. The highest BCUT2D eigenvalue weighted by Gasteiger charge is 2.14. The van der Waals surface area contributed by atoms with Crippen molar-refractivity contribution in [3.05, 3.63) is 72.1 Å². The van der Waals surface area contributed by atoms with Gasteiger partial charge in [0, 0.05) is 12.1 Å². The van der Waals surface area contributed by atoms with E-state index >= 15 is 0 Å². The van der Waals surface area contributed by atoms with Gasteiger partial charge in [0.25, 0.3) is 0 Å². The van der Waals surface area contributed by atoms with Crippen LogP contribution in [0.4, 0.5) is 0 Å². The van der Waals surface area contributed by atoms with Crippen LogP contribution in [0, 0.1) is 6.92 Å². The number of ether oxygens (including phenoxy) is 1. The SMILES string of the molecule is Cc1oc(-c2ccccc2)nc1CC(=O)NCCCOc1ccccc1. The van der Waals surface area contributed by atoms with E-state index in [-0.39, 0.29) is 12.3 Å². The standard InChI is InChI=1S/C21H22N2O3/c1-16-19(23-21(26-16)17-9-4-2-5-10-17)15-20(24)22-13-8-14-25-18-11-6-3-7-12-18/h2-7,9-12H,8,13-15H2,1H3,(H,22,24). The summed E-state index contributed by atoms with van der Waals surface area (Å²) in [6.07, 6.45) is 0.954. The lowest BCUT2D eigenvalue weighted by molar-refractivity contribution is -0.120. The third kappa shape index (κ3) is 4.96. The Morgan fingerprint density at radius 3 is 2.50 bits per heavy atom. The first kappa shape index (κ1) is 17.7. The lowest BCUT2D eigenvalue weighted by atomic mass is 10.2. The second-order valence-electron chi connectivity index (χ2n) is 5.93. The second kappa shape index (κ2) is 8.85. The summed E-state index contributed by atoms with van der Waals surface area (Å²) in [6.45, 7) is 2.95. The number of carbonyl (C=O) groups excluding carboxylic acids is 1. The summed E-state index contributed by atoms with van der Waals surface area (Å²) in [7, 11) is 0. The highest BCUT2D eigenvalue weighted by Crippen LogP contribution is 2.21. The monoisotopic (exact) mass is 350 g/mol. The maximum atomic E-state index is 12.1. The minimum absolute atomic E-state index is 0.0688. The Labute approximate surface area is 153 Å². The number of hydrogen-bond donors (Lipinski definition) is 1. The Balaban J connectivity index is 1.43. The molecule has 1 heterocycles. The molecule has 0 saturated heterocycles. The maximum Gasteiger partial charge on any atom is 0.226 e. The molecule has 0 bridgehead atoms. The van der Waals surface area contributed by atoms with Crippen LogP contribution in [0.15, 0.2) is 65.1 Å². The summed E-state index contributed by atoms with van der Waals surface area (Å²) >= 11 is 0. The summed E-state index contributed by atoms with van der Waals surface area (Å²) in [6, 6.07) is 19.3. The van der Waals surface area contributed by atoms with Crippen LogP contribution in [0.5, 0.6) is 5.75 Å². The molecule has 3 rings (SSSR count). The number of carbonyl (C=O) groups is 1. The fraction of sp³-hybridized carbons (Fsp3) is 0.238. The van der Waals surface area contributed by atoms with Crippen molar-refractivity contribution in [3.63, 3.8) is 0 Å². The van der Waals surface area contributed by atoms with Crippen molar-refractivity contribution >= 4 is 5.91 Å². The van der Waals surface area contributed by atoms with E-state index < -0.39 is 0 Å². The van der Waals surface area contributed by atoms with Crippen LogP contribution < -0.4 is 10.1 Å². The van der Waals surface area contributed by atoms with Crippen LogP contribution in [-0.2, 0) is 11.2 Å². The number of nitrogens with one attached hydrogen (secondary N) is 1. The van der Waals surface area contributed by atoms with Crippen molar-refractivity contribution in [1.29, 1.82) is 0 Å². The number of amides is 1. The molecule has 0 aliphatic carbocycles. The number of aromatic nitrogens is 1. The number of aryl methyl sites for hydroxylation is 1. The maximum absolute atomic E-state index is 12.1. The molecule has 0 unspecified atom stereocenters. The molecule has 0 aliphatic rings. The van der Waals surface area contributed by atoms with Gasteiger partial charge in [0.2, 0.25) is 11.8 Å². The van der Waals surface area contributed by atoms with E-state index in [9.17, 15) is 4.79 Å². The van der Waals surface area contributed by atoms with Gasteiger partial charge in [0.1, 0.15) is 11.5 Å². The predicted octanol–water partition coefficient (Wildman–Crippen LogP) is 3.78. The van der Waals surface area contributed by atoms with Gasteiger partial charge >= 0.3 is 0 Å². The van der Waals surface area contributed by atoms with E-state index in [4.69, 9.17) is 9.15 Å². The second-order valence-corrected chi connectivity index (χ2v) is 5.93. The van der Waals surface area contributed by atoms with Crippen molar-refractivity contribution in [3.8, 4) is 17.2 Å². The first-order chi connectivity index (χ1) is 12.7. The Morgan fingerprint density at radius 1 is 1.08 bits per heavy atom. The number of hydrogen-bond acceptors (Lipinski definition) is 4. The average molecular weight is 350 g/mol. The lowest BCUT2D eigenvalue weighted by Crippen LogP contribution is -2.27. The van der Waals surface area contributed by atoms with Gasteiger partial charge in [-0.3, -0.25) is 4.79 Å². The summed E-state index contributed by atoms with van der Waals surface area (Å²) in [5, 5.41) is 2.89. The number of oxazole rings is 1. The summed E-state index contributed by atoms with van der Waals surface area (Å²) in [5.74, 6) is 1.99. The summed E-state index contributed by atoms with van der Waals surface area (Å²) in [5.41, 5.74) is 1.57. The van der Waals surface area contributed by atoms with Crippen LogP contribution in [0.3, 0.4) is 0 Å². The van der Waals surface area contributed by atoms with Gasteiger partial charge in [-0.2, -0.15) is 0 Å². The largest absolute Gasteiger partial charge is 0.494 e. The van der Waals surface area contributed by atoms with Crippen LogP contribution in [0.25, 0.3) is 11.5 Å². The minimum Gasteiger partial charge on any atom is -0.494 e. The Morgan fingerprint density at radius 2 is 1.77 bits per heavy atom. The number of benzene rings is 2. The third-order valence-electron chi connectivity index (χ3n) is 3.90. The number of para-hydroxylation sites is 1. The molecule has 5 heteroatoms. The highest BCUT2D eigenvalue weighted by molar-refractivity contribution is 5.78. The van der Waals surface area contributed by atoms with E-state index in [2.05, 4.69) is 10.3 Å². The van der Waals surface area contributed by atoms with Gasteiger partial charge in [-0.25, -0.2) is 4.98 Å². The van der Waals surface area contributed by atoms with Crippen LogP contribution in [0.1, 0.15) is 17.9 Å². The minimum atomic E-state index is -0.0688. The molecule has 134 valence electrons. The van der Waals surface area contributed by atoms with Gasteiger partial charge in [0.05, 0.1) is 18.7 Å². The molecule has 1 N–H and O–H groups in total. The topological polar surface area (TPSA) is 64.4 Å². The fourth-order valence-electron chi connectivity index (χ4n) is 2.52. The van der Waals surface area contributed by atoms with Gasteiger partial charge in [-0.15, -0.1) is 0 Å². The summed E-state index contributed by atoms with van der Waals surface area (Å²) < 4.78 is 11.3. The molecular weight excluding hydrogens is 328 g/mol. The lowest BCUT2D eigenvalue weighted by Gasteiger charge is -2.07. The molecule has 0 radical (unpaired) electrons. The van der Waals surface area contributed by atoms with Crippen molar-refractivity contribution in [1.82, 2.24) is 10.3 Å². The van der Waals surface area contributed by atoms with Crippen LogP contribution in [-0.4, -0.2) is 24.0 Å². The van der Waals surface area contributed by atoms with E-state index in [0.29, 0.717) is 30.5 Å². The van der Waals surface area contributed by atoms with Crippen molar-refractivity contribution in [2.24, 2.45) is 0 Å². The molecule has 0 spiro atoms. The van der Waals surface area contributed by atoms with Crippen LogP contribution >= 0.6 is 0 Å². The smallest absolute Gasteiger partial charge is 0.226 e. The van der Waals surface area contributed by atoms with E-state index in [1.165, 1.54) is 0 Å². The zero-order valence-electron chi connectivity index (χ0n) is 14.8. The Kier molecular flexibility index (Phi) is 6.04. The third-order valence-corrected chi connectivity index (χ3v) is 3.90. The molecule has 0 aliphatic heterocycles. The molecular formula is C21H22N2O3. The molecule has 26 heavy (non-hydrogen) atoms. The van der Waals surface area contributed by atoms with Gasteiger partial charge in [-0.1, -0.05) is 36.4 Å². The number of nitrogens with zero attached hydrogens (tertiary/aromatic N) is 1. The van der Waals surface area contributed by atoms with Gasteiger partial charge in [-0.05, 0) is 37.6 Å². The average Bonchev–Trinajstić information content (AvgIpc) is 3.03. The summed E-state index contributed by atoms with van der Waals surface area (Å²) in [4.78, 5) is 16.6. The van der Waals surface area contributed by atoms with E-state index in [1.807, 2.05) is 67.6 Å². The van der Waals surface area contributed by atoms with Crippen molar-refractivity contribution in [2.75, 3.05) is 13.2 Å². The Hall–Kier alpha value is -3.08. The predicted molar refractivity (Wildman–Crippen MR) is 99.9 cm³/mol. The first-order valence-electron chi connectivity index (χ1n) is 8.68. The number of rotatable bonds is 8. The van der Waals surface area contributed by atoms with Crippen molar-refractivity contribution < 1.29 is 13.9 Å². The van der Waals surface area contributed by atoms with Gasteiger partial charge < -0.3 is 14.5 Å². The van der Waals surface area contributed by atoms with Gasteiger partial charge in [0.15, 0.2) is 0 Å². The normalized spacial score (nSPS) is 10.5.